The summed E-state index contributed by atoms with van der Waals surface area (Å²) < 4.78 is 16.2. The van der Waals surface area contributed by atoms with Gasteiger partial charge in [-0.05, 0) is 60.2 Å². The minimum Gasteiger partial charge on any atom is -0.497 e. The molecule has 152 valence electrons. The van der Waals surface area contributed by atoms with Crippen molar-refractivity contribution < 1.29 is 19.0 Å². The molecule has 0 saturated carbocycles. The van der Waals surface area contributed by atoms with Crippen molar-refractivity contribution in [3.05, 3.63) is 96.8 Å². The minimum absolute atomic E-state index is 0.0221. The zero-order valence-corrected chi connectivity index (χ0v) is 16.9. The number of ether oxygens (including phenoxy) is 3. The van der Waals surface area contributed by atoms with E-state index >= 15 is 0 Å². The average molecular weight is 401 g/mol. The second-order valence-electron chi connectivity index (χ2n) is 6.91. The molecule has 0 aromatic heterocycles. The lowest BCUT2D eigenvalue weighted by Gasteiger charge is -2.46. The van der Waals surface area contributed by atoms with E-state index in [1.54, 1.807) is 25.4 Å². The third-order valence-corrected chi connectivity index (χ3v) is 5.18. The van der Waals surface area contributed by atoms with Crippen molar-refractivity contribution in [2.75, 3.05) is 19.1 Å². The molecule has 5 nitrogen and oxygen atoms in total. The predicted molar refractivity (Wildman–Crippen MR) is 116 cm³/mol. The molecule has 1 heterocycles. The summed E-state index contributed by atoms with van der Waals surface area (Å²) in [5.74, 6) is 1.96. The van der Waals surface area contributed by atoms with Crippen LogP contribution in [0.5, 0.6) is 17.2 Å². The van der Waals surface area contributed by atoms with Crippen molar-refractivity contribution in [2.24, 2.45) is 5.92 Å². The molecule has 1 fully saturated rings. The molecule has 4 rings (SSSR count). The summed E-state index contributed by atoms with van der Waals surface area (Å²) in [6.45, 7) is 0. The average Bonchev–Trinajstić information content (AvgIpc) is 2.81. The number of para-hydroxylation sites is 1. The highest BCUT2D eigenvalue weighted by atomic mass is 16.5. The second-order valence-corrected chi connectivity index (χ2v) is 6.91. The van der Waals surface area contributed by atoms with Crippen molar-refractivity contribution in [1.29, 1.82) is 0 Å². The number of methoxy groups -OCH3 is 2. The first-order valence-electron chi connectivity index (χ1n) is 9.70. The van der Waals surface area contributed by atoms with Crippen molar-refractivity contribution in [3.8, 4) is 17.2 Å². The maximum Gasteiger partial charge on any atom is 0.237 e. The lowest BCUT2D eigenvalue weighted by atomic mass is 9.81. The van der Waals surface area contributed by atoms with E-state index in [0.29, 0.717) is 0 Å². The van der Waals surface area contributed by atoms with Crippen LogP contribution in [0.1, 0.15) is 11.6 Å². The zero-order valence-electron chi connectivity index (χ0n) is 16.9. The molecule has 0 radical (unpaired) electrons. The van der Waals surface area contributed by atoms with E-state index in [9.17, 15) is 4.79 Å². The Morgan fingerprint density at radius 3 is 1.97 bits per heavy atom. The van der Waals surface area contributed by atoms with Crippen LogP contribution in [0, 0.1) is 5.92 Å². The Hall–Kier alpha value is -3.73. The maximum atomic E-state index is 13.0. The molecule has 1 aliphatic rings. The minimum atomic E-state index is -0.316. The third kappa shape index (κ3) is 3.87. The monoisotopic (exact) mass is 401 g/mol. The second kappa shape index (κ2) is 8.74. The van der Waals surface area contributed by atoms with Crippen LogP contribution in [0.4, 0.5) is 5.69 Å². The van der Waals surface area contributed by atoms with Crippen LogP contribution in [0.25, 0.3) is 0 Å². The van der Waals surface area contributed by atoms with Gasteiger partial charge in [0.25, 0.3) is 0 Å². The van der Waals surface area contributed by atoms with Crippen molar-refractivity contribution in [3.63, 3.8) is 0 Å². The van der Waals surface area contributed by atoms with Crippen LogP contribution < -0.4 is 19.1 Å². The van der Waals surface area contributed by atoms with E-state index in [-0.39, 0.29) is 17.9 Å². The number of hydrogen-bond acceptors (Lipinski definition) is 4. The first kappa shape index (κ1) is 19.6. The molecule has 1 saturated heterocycles. The van der Waals surface area contributed by atoms with E-state index in [1.807, 2.05) is 84.9 Å². The largest absolute Gasteiger partial charge is 0.497 e. The molecule has 1 amide bonds. The Morgan fingerprint density at radius 2 is 1.37 bits per heavy atom. The molecule has 3 aromatic carbocycles. The van der Waals surface area contributed by atoms with Gasteiger partial charge >= 0.3 is 0 Å². The number of β-lactam (4-membered cyclic amide) rings is 1. The van der Waals surface area contributed by atoms with Crippen molar-refractivity contribution in [2.45, 2.75) is 6.04 Å². The Morgan fingerprint density at radius 1 is 0.767 bits per heavy atom. The van der Waals surface area contributed by atoms with Gasteiger partial charge in [-0.15, -0.1) is 0 Å². The molecule has 0 unspecified atom stereocenters. The smallest absolute Gasteiger partial charge is 0.237 e. The molecule has 1 aliphatic heterocycles. The standard InChI is InChI=1S/C25H23NO4/c1-28-20-12-8-18(9-13-20)24-23(16-17-30-22-6-4-3-5-7-22)25(27)26(24)19-10-14-21(29-2)15-11-19/h3-17,23-24H,1-2H3/b17-16-/t23-,24-/m1/s1. The highest BCUT2D eigenvalue weighted by Gasteiger charge is 2.47. The maximum absolute atomic E-state index is 13.0. The summed E-state index contributed by atoms with van der Waals surface area (Å²) in [5.41, 5.74) is 1.86. The van der Waals surface area contributed by atoms with Gasteiger partial charge in [-0.3, -0.25) is 4.79 Å². The zero-order chi connectivity index (χ0) is 20.9. The number of carbonyl (C=O) groups is 1. The Labute approximate surface area is 176 Å². The lowest BCUT2D eigenvalue weighted by molar-refractivity contribution is -0.128. The molecule has 3 aromatic rings. The predicted octanol–water partition coefficient (Wildman–Crippen LogP) is 5.00. The molecular weight excluding hydrogens is 378 g/mol. The van der Waals surface area contributed by atoms with Gasteiger partial charge in [-0.2, -0.15) is 0 Å². The third-order valence-electron chi connectivity index (χ3n) is 5.18. The van der Waals surface area contributed by atoms with E-state index < -0.39 is 0 Å². The molecule has 0 aliphatic carbocycles. The van der Waals surface area contributed by atoms with E-state index in [4.69, 9.17) is 14.2 Å². The summed E-state index contributed by atoms with van der Waals surface area (Å²) >= 11 is 0. The Bertz CT molecular complexity index is 1010. The number of benzene rings is 3. The van der Waals surface area contributed by atoms with Crippen LogP contribution in [0.15, 0.2) is 91.2 Å². The summed E-state index contributed by atoms with van der Waals surface area (Å²) in [6, 6.07) is 24.7. The van der Waals surface area contributed by atoms with Crippen LogP contribution in [0.2, 0.25) is 0 Å². The van der Waals surface area contributed by atoms with Crippen LogP contribution in [0.3, 0.4) is 0 Å². The van der Waals surface area contributed by atoms with Crippen molar-refractivity contribution >= 4 is 11.6 Å². The molecule has 0 N–H and O–H groups in total. The fourth-order valence-corrected chi connectivity index (χ4v) is 3.59. The Kier molecular flexibility index (Phi) is 5.70. The van der Waals surface area contributed by atoms with Gasteiger partial charge in [0.1, 0.15) is 17.2 Å². The first-order valence-corrected chi connectivity index (χ1v) is 9.70. The topological polar surface area (TPSA) is 48.0 Å². The van der Waals surface area contributed by atoms with E-state index in [2.05, 4.69) is 0 Å². The SMILES string of the molecule is COc1ccc([C@@H]2[C@@H](/C=C\Oc3ccccc3)C(=O)N2c2ccc(OC)cc2)cc1. The fourth-order valence-electron chi connectivity index (χ4n) is 3.59. The van der Waals surface area contributed by atoms with Gasteiger partial charge in [0.2, 0.25) is 5.91 Å². The van der Waals surface area contributed by atoms with Gasteiger partial charge in [0.15, 0.2) is 0 Å². The van der Waals surface area contributed by atoms with E-state index in [0.717, 1.165) is 28.5 Å². The summed E-state index contributed by atoms with van der Waals surface area (Å²) in [6.07, 6.45) is 3.42. The normalized spacial score (nSPS) is 18.2. The van der Waals surface area contributed by atoms with Crippen LogP contribution >= 0.6 is 0 Å². The lowest BCUT2D eigenvalue weighted by Crippen LogP contribution is -2.54. The summed E-state index contributed by atoms with van der Waals surface area (Å²) in [7, 11) is 3.26. The summed E-state index contributed by atoms with van der Waals surface area (Å²) in [5, 5.41) is 0. The highest BCUT2D eigenvalue weighted by Crippen LogP contribution is 2.44. The van der Waals surface area contributed by atoms with Gasteiger partial charge in [0.05, 0.1) is 32.4 Å². The van der Waals surface area contributed by atoms with Gasteiger partial charge in [-0.25, -0.2) is 0 Å². The van der Waals surface area contributed by atoms with E-state index in [1.165, 1.54) is 0 Å². The summed E-state index contributed by atoms with van der Waals surface area (Å²) in [4.78, 5) is 14.8. The quantitative estimate of drug-likeness (QED) is 0.413. The molecule has 0 spiro atoms. The van der Waals surface area contributed by atoms with Gasteiger partial charge in [-0.1, -0.05) is 30.3 Å². The molecular formula is C25H23NO4. The Balaban J connectivity index is 1.60. The first-order chi connectivity index (χ1) is 14.7. The van der Waals surface area contributed by atoms with Crippen LogP contribution in [-0.4, -0.2) is 20.1 Å². The molecule has 30 heavy (non-hydrogen) atoms. The van der Waals surface area contributed by atoms with Gasteiger partial charge < -0.3 is 19.1 Å². The van der Waals surface area contributed by atoms with Crippen molar-refractivity contribution in [1.82, 2.24) is 0 Å². The molecule has 0 bridgehead atoms. The number of nitrogens with zero attached hydrogens (tertiary/aromatic N) is 1. The molecule has 2 atom stereocenters. The number of anilines is 1. The van der Waals surface area contributed by atoms with Gasteiger partial charge in [0, 0.05) is 5.69 Å². The highest BCUT2D eigenvalue weighted by molar-refractivity contribution is 6.04. The number of hydrogen-bond donors (Lipinski definition) is 0. The van der Waals surface area contributed by atoms with Crippen LogP contribution in [-0.2, 0) is 4.79 Å². The number of rotatable bonds is 7. The number of carbonyl (C=O) groups excluding carboxylic acids is 1. The fraction of sp³-hybridized carbons (Fsp3) is 0.160. The molecule has 5 heteroatoms. The number of amides is 1.